The fraction of sp³-hybridized carbons (Fsp3) is 0.167. The second-order valence-corrected chi connectivity index (χ2v) is 7.40. The standard InChI is InChI=1S/C24H23N3O2/c1-15-12-16(2)26-21(15)14-19-18-10-6-7-11-22(18)27(23(19)28)24(29)20(25)13-17-8-4-3-5-9-17/h3-12,14,20,26H,13,25H2,1-2H3/b19-14-. The van der Waals surface area contributed by atoms with E-state index in [1.165, 1.54) is 4.90 Å². The summed E-state index contributed by atoms with van der Waals surface area (Å²) in [5, 5.41) is 0. The second-order valence-electron chi connectivity index (χ2n) is 7.40. The summed E-state index contributed by atoms with van der Waals surface area (Å²) in [7, 11) is 0. The minimum atomic E-state index is -0.803. The molecule has 0 saturated heterocycles. The van der Waals surface area contributed by atoms with E-state index in [2.05, 4.69) is 4.98 Å². The zero-order chi connectivity index (χ0) is 20.5. The number of nitrogens with two attached hydrogens (primary N) is 1. The molecule has 2 amide bonds. The summed E-state index contributed by atoms with van der Waals surface area (Å²) in [4.78, 5) is 30.9. The number of para-hydroxylation sites is 1. The number of carbonyl (C=O) groups is 2. The van der Waals surface area contributed by atoms with Gasteiger partial charge in [-0.2, -0.15) is 0 Å². The molecule has 1 atom stereocenters. The fourth-order valence-electron chi connectivity index (χ4n) is 3.76. The third kappa shape index (κ3) is 3.52. The van der Waals surface area contributed by atoms with Gasteiger partial charge in [-0.15, -0.1) is 0 Å². The highest BCUT2D eigenvalue weighted by Crippen LogP contribution is 2.38. The number of aromatic amines is 1. The largest absolute Gasteiger partial charge is 0.359 e. The molecule has 5 heteroatoms. The van der Waals surface area contributed by atoms with Crippen molar-refractivity contribution in [2.24, 2.45) is 5.73 Å². The number of amides is 2. The van der Waals surface area contributed by atoms with Crippen LogP contribution in [0.25, 0.3) is 11.6 Å². The zero-order valence-corrected chi connectivity index (χ0v) is 16.5. The molecular formula is C24H23N3O2. The Bertz CT molecular complexity index is 1110. The molecule has 29 heavy (non-hydrogen) atoms. The molecule has 0 bridgehead atoms. The molecule has 0 aliphatic carbocycles. The van der Waals surface area contributed by atoms with E-state index in [4.69, 9.17) is 5.73 Å². The molecule has 0 radical (unpaired) electrons. The SMILES string of the molecule is Cc1cc(C)c(/C=C2\C(=O)N(C(=O)C(N)Cc3ccccc3)c3ccccc32)[nH]1. The molecule has 3 aromatic rings. The highest BCUT2D eigenvalue weighted by atomic mass is 16.2. The van der Waals surface area contributed by atoms with Gasteiger partial charge in [0, 0.05) is 17.0 Å². The predicted octanol–water partition coefficient (Wildman–Crippen LogP) is 3.62. The number of hydrogen-bond acceptors (Lipinski definition) is 3. The van der Waals surface area contributed by atoms with E-state index in [1.807, 2.05) is 74.5 Å². The smallest absolute Gasteiger partial charge is 0.265 e. The van der Waals surface area contributed by atoms with Gasteiger partial charge in [0.05, 0.1) is 17.3 Å². The Morgan fingerprint density at radius 1 is 1.10 bits per heavy atom. The minimum Gasteiger partial charge on any atom is -0.359 e. The first-order valence-electron chi connectivity index (χ1n) is 9.61. The van der Waals surface area contributed by atoms with Gasteiger partial charge in [-0.1, -0.05) is 48.5 Å². The number of carbonyl (C=O) groups excluding carboxylic acids is 2. The van der Waals surface area contributed by atoms with Crippen molar-refractivity contribution < 1.29 is 9.59 Å². The fourth-order valence-corrected chi connectivity index (χ4v) is 3.76. The Kier molecular flexibility index (Phi) is 4.91. The summed E-state index contributed by atoms with van der Waals surface area (Å²) in [5.41, 5.74) is 11.9. The number of anilines is 1. The van der Waals surface area contributed by atoms with Crippen LogP contribution in [0.1, 0.15) is 28.1 Å². The third-order valence-electron chi connectivity index (χ3n) is 5.18. The lowest BCUT2D eigenvalue weighted by Gasteiger charge is -2.19. The highest BCUT2D eigenvalue weighted by Gasteiger charge is 2.38. The van der Waals surface area contributed by atoms with Crippen LogP contribution in [0.4, 0.5) is 5.69 Å². The molecule has 1 unspecified atom stereocenters. The van der Waals surface area contributed by atoms with E-state index in [9.17, 15) is 9.59 Å². The molecular weight excluding hydrogens is 362 g/mol. The molecule has 1 aromatic heterocycles. The number of benzene rings is 2. The average Bonchev–Trinajstić information content (AvgIpc) is 3.18. The number of hydrogen-bond donors (Lipinski definition) is 2. The van der Waals surface area contributed by atoms with Crippen molar-refractivity contribution in [1.82, 2.24) is 4.98 Å². The Hall–Kier alpha value is -3.44. The zero-order valence-electron chi connectivity index (χ0n) is 16.5. The molecule has 146 valence electrons. The van der Waals surface area contributed by atoms with Gasteiger partial charge < -0.3 is 10.7 Å². The van der Waals surface area contributed by atoms with Crippen molar-refractivity contribution in [2.75, 3.05) is 4.90 Å². The van der Waals surface area contributed by atoms with E-state index in [0.29, 0.717) is 17.7 Å². The third-order valence-corrected chi connectivity index (χ3v) is 5.18. The Morgan fingerprint density at radius 2 is 1.79 bits per heavy atom. The van der Waals surface area contributed by atoms with E-state index >= 15 is 0 Å². The Labute approximate surface area is 169 Å². The van der Waals surface area contributed by atoms with Crippen LogP contribution in [-0.2, 0) is 16.0 Å². The number of H-pyrrole nitrogens is 1. The second kappa shape index (κ2) is 7.53. The van der Waals surface area contributed by atoms with E-state index in [-0.39, 0.29) is 5.91 Å². The number of imide groups is 1. The van der Waals surface area contributed by atoms with Crippen molar-refractivity contribution >= 4 is 29.2 Å². The van der Waals surface area contributed by atoms with Gasteiger partial charge in [0.15, 0.2) is 0 Å². The number of fused-ring (bicyclic) bond motifs is 1. The van der Waals surface area contributed by atoms with Crippen molar-refractivity contribution in [2.45, 2.75) is 26.3 Å². The van der Waals surface area contributed by atoms with Crippen LogP contribution < -0.4 is 10.6 Å². The van der Waals surface area contributed by atoms with Crippen molar-refractivity contribution in [1.29, 1.82) is 0 Å². The molecule has 1 aliphatic rings. The first-order valence-corrected chi connectivity index (χ1v) is 9.61. The molecule has 2 heterocycles. The van der Waals surface area contributed by atoms with Gasteiger partial charge in [-0.05, 0) is 49.6 Å². The normalized spacial score (nSPS) is 15.6. The Balaban J connectivity index is 1.69. The lowest BCUT2D eigenvalue weighted by Crippen LogP contribution is -2.46. The molecule has 4 rings (SSSR count). The number of aryl methyl sites for hydroxylation is 2. The maximum atomic E-state index is 13.3. The van der Waals surface area contributed by atoms with Crippen molar-refractivity contribution in [3.8, 4) is 0 Å². The molecule has 3 N–H and O–H groups in total. The number of aromatic nitrogens is 1. The number of nitrogens with one attached hydrogen (secondary N) is 1. The van der Waals surface area contributed by atoms with Crippen LogP contribution in [0.5, 0.6) is 0 Å². The minimum absolute atomic E-state index is 0.341. The molecule has 0 spiro atoms. The first-order chi connectivity index (χ1) is 14.0. The molecule has 0 fully saturated rings. The Morgan fingerprint density at radius 3 is 2.48 bits per heavy atom. The van der Waals surface area contributed by atoms with Gasteiger partial charge >= 0.3 is 0 Å². The predicted molar refractivity (Wildman–Crippen MR) is 115 cm³/mol. The van der Waals surface area contributed by atoms with Crippen LogP contribution in [0.15, 0.2) is 60.7 Å². The van der Waals surface area contributed by atoms with Crippen LogP contribution in [0.3, 0.4) is 0 Å². The van der Waals surface area contributed by atoms with Gasteiger partial charge in [-0.3, -0.25) is 9.59 Å². The maximum Gasteiger partial charge on any atom is 0.265 e. The maximum absolute atomic E-state index is 13.3. The lowest BCUT2D eigenvalue weighted by molar-refractivity contribution is -0.124. The summed E-state index contributed by atoms with van der Waals surface area (Å²) >= 11 is 0. The number of rotatable bonds is 4. The molecule has 0 saturated carbocycles. The highest BCUT2D eigenvalue weighted by molar-refractivity contribution is 6.42. The average molecular weight is 385 g/mol. The quantitative estimate of drug-likeness (QED) is 0.673. The number of nitrogens with zero attached hydrogens (tertiary/aromatic N) is 1. The molecule has 1 aliphatic heterocycles. The summed E-state index contributed by atoms with van der Waals surface area (Å²) in [5.74, 6) is -0.736. The van der Waals surface area contributed by atoms with E-state index < -0.39 is 11.9 Å². The van der Waals surface area contributed by atoms with Crippen LogP contribution in [-0.4, -0.2) is 22.8 Å². The monoisotopic (exact) mass is 385 g/mol. The van der Waals surface area contributed by atoms with Gasteiger partial charge in [0.1, 0.15) is 0 Å². The van der Waals surface area contributed by atoms with E-state index in [0.717, 1.165) is 28.1 Å². The summed E-state index contributed by atoms with van der Waals surface area (Å²) in [6.07, 6.45) is 2.19. The van der Waals surface area contributed by atoms with Gasteiger partial charge in [0.2, 0.25) is 0 Å². The lowest BCUT2D eigenvalue weighted by atomic mass is 10.1. The van der Waals surface area contributed by atoms with Gasteiger partial charge in [-0.25, -0.2) is 4.90 Å². The molecule has 5 nitrogen and oxygen atoms in total. The van der Waals surface area contributed by atoms with Crippen molar-refractivity contribution in [3.05, 3.63) is 88.7 Å². The van der Waals surface area contributed by atoms with E-state index in [1.54, 1.807) is 6.07 Å². The van der Waals surface area contributed by atoms with Crippen LogP contribution in [0, 0.1) is 13.8 Å². The van der Waals surface area contributed by atoms with Gasteiger partial charge in [0.25, 0.3) is 11.8 Å². The first kappa shape index (κ1) is 18.9. The van der Waals surface area contributed by atoms with Crippen LogP contribution >= 0.6 is 0 Å². The summed E-state index contributed by atoms with van der Waals surface area (Å²) < 4.78 is 0. The molecule has 2 aromatic carbocycles. The topological polar surface area (TPSA) is 79.2 Å². The van der Waals surface area contributed by atoms with Crippen LogP contribution in [0.2, 0.25) is 0 Å². The van der Waals surface area contributed by atoms with Crippen molar-refractivity contribution in [3.63, 3.8) is 0 Å². The summed E-state index contributed by atoms with van der Waals surface area (Å²) in [6.45, 7) is 3.96. The summed E-state index contributed by atoms with van der Waals surface area (Å²) in [6, 6.07) is 18.1.